The molecule has 0 bridgehead atoms. The molecule has 0 aliphatic heterocycles. The van der Waals surface area contributed by atoms with Gasteiger partial charge < -0.3 is 9.84 Å². The maximum absolute atomic E-state index is 11.9. The SMILES string of the molecule is CC(=O)c1ccc#cc1OC(=O)c1ccccc1O. The van der Waals surface area contributed by atoms with Gasteiger partial charge in [-0.25, -0.2) is 4.79 Å². The lowest BCUT2D eigenvalue weighted by Crippen LogP contribution is -2.10. The molecule has 0 spiro atoms. The summed E-state index contributed by atoms with van der Waals surface area (Å²) in [6, 6.07) is 14.2. The molecule has 2 rings (SSSR count). The quantitative estimate of drug-likeness (QED) is 0.674. The Morgan fingerprint density at radius 1 is 1.16 bits per heavy atom. The van der Waals surface area contributed by atoms with Gasteiger partial charge in [0, 0.05) is 0 Å². The van der Waals surface area contributed by atoms with Crippen LogP contribution in [0.5, 0.6) is 11.5 Å². The first-order valence-electron chi connectivity index (χ1n) is 5.53. The molecule has 4 nitrogen and oxygen atoms in total. The fourth-order valence-electron chi connectivity index (χ4n) is 1.53. The summed E-state index contributed by atoms with van der Waals surface area (Å²) >= 11 is 0. The summed E-state index contributed by atoms with van der Waals surface area (Å²) in [5.41, 5.74) is 0.261. The van der Waals surface area contributed by atoms with Gasteiger partial charge in [-0.05, 0) is 37.3 Å². The Labute approximate surface area is 110 Å². The first-order chi connectivity index (χ1) is 9.09. The molecular weight excluding hydrogens is 244 g/mol. The first kappa shape index (κ1) is 12.7. The molecule has 0 fully saturated rings. The number of rotatable bonds is 3. The van der Waals surface area contributed by atoms with Crippen LogP contribution >= 0.6 is 0 Å². The lowest BCUT2D eigenvalue weighted by atomic mass is 10.1. The number of aromatic hydroxyl groups is 1. The van der Waals surface area contributed by atoms with Crippen molar-refractivity contribution in [2.75, 3.05) is 0 Å². The second-order valence-corrected chi connectivity index (χ2v) is 3.81. The second kappa shape index (κ2) is 5.23. The summed E-state index contributed by atoms with van der Waals surface area (Å²) in [7, 11) is 0. The molecular formula is C15H10O4. The van der Waals surface area contributed by atoms with Crippen molar-refractivity contribution in [3.8, 4) is 11.5 Å². The minimum Gasteiger partial charge on any atom is -0.507 e. The van der Waals surface area contributed by atoms with Crippen LogP contribution in [-0.4, -0.2) is 16.9 Å². The average molecular weight is 254 g/mol. The maximum atomic E-state index is 11.9. The minimum absolute atomic E-state index is 0.00301. The molecule has 0 heterocycles. The van der Waals surface area contributed by atoms with Crippen LogP contribution < -0.4 is 4.74 Å². The molecule has 0 aliphatic carbocycles. The molecule has 4 heteroatoms. The normalized spacial score (nSPS) is 9.53. The Morgan fingerprint density at radius 3 is 2.58 bits per heavy atom. The van der Waals surface area contributed by atoms with Crippen molar-refractivity contribution >= 4 is 11.8 Å². The summed E-state index contributed by atoms with van der Waals surface area (Å²) in [6.45, 7) is 1.36. The van der Waals surface area contributed by atoms with E-state index in [9.17, 15) is 14.7 Å². The zero-order valence-electron chi connectivity index (χ0n) is 10.1. The van der Waals surface area contributed by atoms with Crippen molar-refractivity contribution in [2.24, 2.45) is 0 Å². The third-order valence-corrected chi connectivity index (χ3v) is 2.46. The van der Waals surface area contributed by atoms with Gasteiger partial charge in [0.1, 0.15) is 11.3 Å². The number of hydrogen-bond donors (Lipinski definition) is 1. The number of carbonyl (C=O) groups is 2. The Hall–Kier alpha value is -2.80. The number of phenolic OH excluding ortho intramolecular Hbond substituents is 1. The van der Waals surface area contributed by atoms with E-state index in [1.54, 1.807) is 12.1 Å². The lowest BCUT2D eigenvalue weighted by molar-refractivity contribution is 0.0730. The number of phenols is 1. The lowest BCUT2D eigenvalue weighted by Gasteiger charge is -2.06. The molecule has 0 radical (unpaired) electrons. The molecule has 0 amide bonds. The number of Topliss-reactive ketones (excluding diaryl/α,β-unsaturated/α-hetero) is 1. The van der Waals surface area contributed by atoms with Crippen LogP contribution in [0.3, 0.4) is 0 Å². The molecule has 0 saturated heterocycles. The fraction of sp³-hybridized carbons (Fsp3) is 0.0667. The smallest absolute Gasteiger partial charge is 0.347 e. The van der Waals surface area contributed by atoms with Gasteiger partial charge in [0.2, 0.25) is 0 Å². The monoisotopic (exact) mass is 254 g/mol. The molecule has 0 unspecified atom stereocenters. The molecule has 2 aromatic rings. The van der Waals surface area contributed by atoms with E-state index in [4.69, 9.17) is 4.74 Å². The Bertz CT molecular complexity index is 632. The van der Waals surface area contributed by atoms with Gasteiger partial charge in [-0.15, -0.1) is 0 Å². The molecule has 0 aliphatic rings. The van der Waals surface area contributed by atoms with Crippen LogP contribution in [0.1, 0.15) is 27.6 Å². The van der Waals surface area contributed by atoms with Crippen molar-refractivity contribution in [3.05, 3.63) is 59.7 Å². The Kier molecular flexibility index (Phi) is 3.48. The molecule has 0 atom stereocenters. The Morgan fingerprint density at radius 2 is 1.89 bits per heavy atom. The van der Waals surface area contributed by atoms with E-state index in [1.165, 1.54) is 31.2 Å². The molecule has 0 aromatic heterocycles. The van der Waals surface area contributed by atoms with Gasteiger partial charge in [0.25, 0.3) is 0 Å². The van der Waals surface area contributed by atoms with E-state index in [0.29, 0.717) is 0 Å². The van der Waals surface area contributed by atoms with Crippen molar-refractivity contribution in [1.82, 2.24) is 0 Å². The highest BCUT2D eigenvalue weighted by atomic mass is 16.5. The zero-order chi connectivity index (χ0) is 13.8. The molecule has 19 heavy (non-hydrogen) atoms. The Balaban J connectivity index is 2.30. The van der Waals surface area contributed by atoms with E-state index in [1.807, 2.05) is 0 Å². The van der Waals surface area contributed by atoms with Gasteiger partial charge in [0.15, 0.2) is 11.5 Å². The average Bonchev–Trinajstić information content (AvgIpc) is 2.39. The van der Waals surface area contributed by atoms with E-state index in [2.05, 4.69) is 12.1 Å². The van der Waals surface area contributed by atoms with Crippen LogP contribution in [0.4, 0.5) is 0 Å². The minimum atomic E-state index is -0.753. The zero-order valence-corrected chi connectivity index (χ0v) is 10.1. The molecule has 0 saturated carbocycles. The summed E-state index contributed by atoms with van der Waals surface area (Å²) < 4.78 is 5.07. The predicted octanol–water partition coefficient (Wildman–Crippen LogP) is 2.41. The fourth-order valence-corrected chi connectivity index (χ4v) is 1.53. The summed E-state index contributed by atoms with van der Waals surface area (Å²) in [4.78, 5) is 23.3. The summed E-state index contributed by atoms with van der Waals surface area (Å²) in [6.07, 6.45) is 0. The number of para-hydroxylation sites is 1. The van der Waals surface area contributed by atoms with Gasteiger partial charge in [-0.1, -0.05) is 18.2 Å². The van der Waals surface area contributed by atoms with Gasteiger partial charge in [-0.3, -0.25) is 4.79 Å². The number of benzene rings is 1. The van der Waals surface area contributed by atoms with Crippen LogP contribution in [0.25, 0.3) is 0 Å². The standard InChI is InChI=1S/C15H10O4/c1-10(16)11-6-3-5-9-14(11)19-15(18)12-7-2-4-8-13(12)17/h2-4,6-8,17H,1H3. The van der Waals surface area contributed by atoms with Gasteiger partial charge in [-0.2, -0.15) is 0 Å². The second-order valence-electron chi connectivity index (χ2n) is 3.81. The predicted molar refractivity (Wildman–Crippen MR) is 67.2 cm³/mol. The van der Waals surface area contributed by atoms with Gasteiger partial charge >= 0.3 is 5.97 Å². The number of ketones is 1. The molecule has 94 valence electrons. The number of carbonyl (C=O) groups excluding carboxylic acids is 2. The highest BCUT2D eigenvalue weighted by Crippen LogP contribution is 2.20. The largest absolute Gasteiger partial charge is 0.507 e. The summed E-state index contributed by atoms with van der Waals surface area (Å²) in [5.74, 6) is -1.18. The van der Waals surface area contributed by atoms with Crippen LogP contribution in [0.15, 0.2) is 36.4 Å². The van der Waals surface area contributed by atoms with Crippen molar-refractivity contribution in [3.63, 3.8) is 0 Å². The van der Waals surface area contributed by atoms with Crippen molar-refractivity contribution < 1.29 is 19.4 Å². The third-order valence-electron chi connectivity index (χ3n) is 2.46. The third kappa shape index (κ3) is 2.72. The first-order valence-corrected chi connectivity index (χ1v) is 5.53. The van der Waals surface area contributed by atoms with Crippen LogP contribution in [-0.2, 0) is 0 Å². The van der Waals surface area contributed by atoms with E-state index in [0.717, 1.165) is 0 Å². The molecule has 2 aromatic carbocycles. The summed E-state index contributed by atoms with van der Waals surface area (Å²) in [5, 5.41) is 9.55. The topological polar surface area (TPSA) is 63.6 Å². The van der Waals surface area contributed by atoms with Crippen LogP contribution in [0.2, 0.25) is 0 Å². The van der Waals surface area contributed by atoms with Crippen molar-refractivity contribution in [1.29, 1.82) is 0 Å². The van der Waals surface area contributed by atoms with Crippen molar-refractivity contribution in [2.45, 2.75) is 6.92 Å². The maximum Gasteiger partial charge on any atom is 0.347 e. The number of esters is 1. The molecule has 1 N–H and O–H groups in total. The highest BCUT2D eigenvalue weighted by molar-refractivity contribution is 5.99. The number of hydrogen-bond acceptors (Lipinski definition) is 4. The van der Waals surface area contributed by atoms with Gasteiger partial charge in [0.05, 0.1) is 5.56 Å². The number of ether oxygens (including phenoxy) is 1. The van der Waals surface area contributed by atoms with E-state index in [-0.39, 0.29) is 28.4 Å². The highest BCUT2D eigenvalue weighted by Gasteiger charge is 2.16. The van der Waals surface area contributed by atoms with E-state index >= 15 is 0 Å². The van der Waals surface area contributed by atoms with Crippen LogP contribution in [0, 0.1) is 12.1 Å². The van der Waals surface area contributed by atoms with E-state index < -0.39 is 5.97 Å².